The Labute approximate surface area is 116 Å². The Kier molecular flexibility index (Phi) is 7.57. The molecule has 0 saturated carbocycles. The normalized spacial score (nSPS) is 15.6. The molecule has 0 aromatic carbocycles. The first kappa shape index (κ1) is 18.2. The number of hydrogen-bond donors (Lipinski definition) is 0. The molecule has 0 aromatic rings. The second-order valence-corrected chi connectivity index (χ2v) is 20.1. The van der Waals surface area contributed by atoms with E-state index >= 15 is 0 Å². The van der Waals surface area contributed by atoms with E-state index in [2.05, 4.69) is 15.9 Å². The predicted octanol–water partition coefficient (Wildman–Crippen LogP) is 0.964. The van der Waals surface area contributed by atoms with E-state index in [1.54, 1.807) is 0 Å². The zero-order chi connectivity index (χ0) is 13.6. The molecule has 0 aliphatic heterocycles. The van der Waals surface area contributed by atoms with Crippen LogP contribution in [0.4, 0.5) is 0 Å². The van der Waals surface area contributed by atoms with Gasteiger partial charge in [-0.3, -0.25) is 0 Å². The van der Waals surface area contributed by atoms with Crippen LogP contribution >= 0.6 is 15.9 Å². The van der Waals surface area contributed by atoms with Crippen LogP contribution in [0.2, 0.25) is 15.6 Å². The number of rotatable bonds is 9. The van der Waals surface area contributed by atoms with Crippen LogP contribution in [0.15, 0.2) is 0 Å². The van der Waals surface area contributed by atoms with Gasteiger partial charge < -0.3 is 0 Å². The molecule has 0 saturated heterocycles. The number of hydrogen-bond acceptors (Lipinski definition) is 4. The van der Waals surface area contributed by atoms with E-state index in [0.717, 1.165) is 34.9 Å². The van der Waals surface area contributed by atoms with Gasteiger partial charge in [-0.05, 0) is 0 Å². The summed E-state index contributed by atoms with van der Waals surface area (Å²) in [6, 6.07) is 0. The molecule has 0 radical (unpaired) electrons. The fourth-order valence-corrected chi connectivity index (χ4v) is 22.2. The average molecular weight is 398 g/mol. The Bertz CT molecular complexity index is 215. The van der Waals surface area contributed by atoms with Gasteiger partial charge in [-0.15, -0.1) is 0 Å². The Morgan fingerprint density at radius 1 is 0.941 bits per heavy atom. The summed E-state index contributed by atoms with van der Waals surface area (Å²) in [5, 5.41) is 2.21. The summed E-state index contributed by atoms with van der Waals surface area (Å²) in [6.45, 7) is 6.02. The van der Waals surface area contributed by atoms with Gasteiger partial charge in [-0.1, -0.05) is 0 Å². The van der Waals surface area contributed by atoms with Crippen LogP contribution in [0.3, 0.4) is 0 Å². The number of alkyl halides is 1. The maximum atomic E-state index is 11.1. The van der Waals surface area contributed by atoms with E-state index in [1.165, 1.54) is 0 Å². The minimum atomic E-state index is -4.33. The van der Waals surface area contributed by atoms with Crippen molar-refractivity contribution in [1.82, 2.24) is 0 Å². The Morgan fingerprint density at radius 2 is 1.29 bits per heavy atom. The molecule has 0 unspecified atom stereocenters. The van der Waals surface area contributed by atoms with Crippen molar-refractivity contribution >= 4 is 28.7 Å². The molecular weight excluding hydrogens is 374 g/mol. The van der Waals surface area contributed by atoms with Crippen LogP contribution in [0.1, 0.15) is 40.0 Å². The van der Waals surface area contributed by atoms with E-state index in [1.807, 2.05) is 20.8 Å². The molecular formula is C10H23AsBrClO4. The molecule has 0 heterocycles. The zero-order valence-corrected chi connectivity index (χ0v) is 15.0. The van der Waals surface area contributed by atoms with E-state index in [9.17, 15) is 14.0 Å². The Morgan fingerprint density at radius 3 is 1.47 bits per heavy atom. The van der Waals surface area contributed by atoms with Crippen molar-refractivity contribution in [2.75, 3.05) is 4.12 Å². The van der Waals surface area contributed by atoms with Crippen molar-refractivity contribution in [2.45, 2.75) is 55.7 Å². The van der Waals surface area contributed by atoms with E-state index < -0.39 is 23.0 Å². The second kappa shape index (κ2) is 7.09. The van der Waals surface area contributed by atoms with Crippen LogP contribution < -0.4 is 14.0 Å². The molecule has 0 atom stereocenters. The average Bonchev–Trinajstić information content (AvgIpc) is 2.16. The fourth-order valence-electron chi connectivity index (χ4n) is 2.57. The van der Waals surface area contributed by atoms with Crippen molar-refractivity contribution in [2.24, 2.45) is 0 Å². The summed E-state index contributed by atoms with van der Waals surface area (Å²) in [5.74, 6) is 0. The first-order chi connectivity index (χ1) is 7.76. The van der Waals surface area contributed by atoms with Gasteiger partial charge in [0.05, 0.1) is 0 Å². The minimum absolute atomic E-state index is 0.537. The van der Waals surface area contributed by atoms with Gasteiger partial charge in [0.1, 0.15) is 0 Å². The van der Waals surface area contributed by atoms with Crippen LogP contribution in [-0.2, 0) is 3.28 Å². The van der Waals surface area contributed by atoms with Gasteiger partial charge in [0, 0.05) is 0 Å². The van der Waals surface area contributed by atoms with Gasteiger partial charge in [-0.2, -0.15) is 0 Å². The van der Waals surface area contributed by atoms with Crippen molar-refractivity contribution in [1.29, 1.82) is 0 Å². The monoisotopic (exact) mass is 396 g/mol. The predicted molar refractivity (Wildman–Crippen MR) is 65.9 cm³/mol. The van der Waals surface area contributed by atoms with Crippen LogP contribution in [0.5, 0.6) is 0 Å². The van der Waals surface area contributed by atoms with Gasteiger partial charge in [-0.25, -0.2) is 0 Å². The SMILES string of the molecule is CCC[As](CBr)(CCC)(CCC)O[Cl+3]([O-])([O-])[O-]. The Balaban J connectivity index is 5.34. The summed E-state index contributed by atoms with van der Waals surface area (Å²) in [7, 11) is -4.33. The molecule has 0 N–H and O–H groups in total. The third-order valence-corrected chi connectivity index (χ3v) is 24.8. The molecule has 0 aromatic heterocycles. The topological polar surface area (TPSA) is 78.4 Å². The van der Waals surface area contributed by atoms with Crippen molar-refractivity contribution < 1.29 is 27.5 Å². The Hall–Kier alpha value is 1.17. The number of halogens is 2. The van der Waals surface area contributed by atoms with Crippen LogP contribution in [0.25, 0.3) is 0 Å². The van der Waals surface area contributed by atoms with Crippen molar-refractivity contribution in [3.8, 4) is 0 Å². The van der Waals surface area contributed by atoms with E-state index in [4.69, 9.17) is 3.28 Å². The molecule has 0 aliphatic carbocycles. The molecule has 4 nitrogen and oxygen atoms in total. The third-order valence-electron chi connectivity index (χ3n) is 2.95. The summed E-state index contributed by atoms with van der Waals surface area (Å²) < 4.78 is 38.9. The molecule has 0 aliphatic rings. The molecule has 7 heteroatoms. The quantitative estimate of drug-likeness (QED) is 0.429. The summed E-state index contributed by atoms with van der Waals surface area (Å²) >= 11 is -0.118. The molecule has 0 bridgehead atoms. The maximum absolute atomic E-state index is 11.1. The molecule has 0 rings (SSSR count). The van der Waals surface area contributed by atoms with Gasteiger partial charge in [0.15, 0.2) is 0 Å². The molecule has 0 spiro atoms. The zero-order valence-electron chi connectivity index (χ0n) is 10.8. The van der Waals surface area contributed by atoms with Crippen LogP contribution in [0, 0.1) is 10.2 Å². The van der Waals surface area contributed by atoms with E-state index in [0.29, 0.717) is 4.12 Å². The van der Waals surface area contributed by atoms with Crippen molar-refractivity contribution in [3.63, 3.8) is 0 Å². The third kappa shape index (κ3) is 5.35. The summed E-state index contributed by atoms with van der Waals surface area (Å²) in [6.07, 6.45) is 2.55. The van der Waals surface area contributed by atoms with Crippen LogP contribution in [-0.4, -0.2) is 16.9 Å². The van der Waals surface area contributed by atoms with Gasteiger partial charge >= 0.3 is 116 Å². The first-order valence-electron chi connectivity index (χ1n) is 5.95. The summed E-state index contributed by atoms with van der Waals surface area (Å²) in [4.78, 5) is 0. The van der Waals surface area contributed by atoms with Gasteiger partial charge in [0.25, 0.3) is 0 Å². The van der Waals surface area contributed by atoms with Crippen molar-refractivity contribution in [3.05, 3.63) is 0 Å². The molecule has 0 amide bonds. The van der Waals surface area contributed by atoms with E-state index in [-0.39, 0.29) is 0 Å². The molecule has 0 fully saturated rings. The first-order valence-corrected chi connectivity index (χ1v) is 14.4. The summed E-state index contributed by atoms with van der Waals surface area (Å²) in [5.41, 5.74) is 0. The fraction of sp³-hybridized carbons (Fsp3) is 1.00. The molecule has 106 valence electrons. The van der Waals surface area contributed by atoms with Gasteiger partial charge in [0.2, 0.25) is 0 Å². The molecule has 17 heavy (non-hydrogen) atoms. The standard InChI is InChI=1S/C10H23AsBrClO4/c1-4-7-11(10-12,8-5-2,9-6-3)17-13(14,15)16/h4-10H2,1-3H3. The second-order valence-electron chi connectivity index (χ2n) is 4.60.